The zero-order valence-corrected chi connectivity index (χ0v) is 18.3. The summed E-state index contributed by atoms with van der Waals surface area (Å²) in [5, 5.41) is 19.8. The molecule has 2 aromatic heterocycles. The molecule has 2 fully saturated rings. The number of carbonyl (C=O) groups is 2. The third-order valence-corrected chi connectivity index (χ3v) is 6.60. The first-order chi connectivity index (χ1) is 15.5. The van der Waals surface area contributed by atoms with Crippen molar-refractivity contribution in [2.24, 2.45) is 17.8 Å². The molecule has 1 atom stereocenters. The monoisotopic (exact) mass is 432 g/mol. The lowest BCUT2D eigenvalue weighted by atomic mass is 9.88. The minimum Gasteiger partial charge on any atom is -0.339 e. The molecular weight excluding hydrogens is 404 g/mol. The van der Waals surface area contributed by atoms with E-state index in [1.54, 1.807) is 6.07 Å². The zero-order chi connectivity index (χ0) is 22.2. The molecule has 8 heteroatoms. The van der Waals surface area contributed by atoms with E-state index in [9.17, 15) is 9.59 Å². The van der Waals surface area contributed by atoms with Gasteiger partial charge in [-0.2, -0.15) is 10.2 Å². The third kappa shape index (κ3) is 4.17. The first-order valence-electron chi connectivity index (χ1n) is 11.2. The summed E-state index contributed by atoms with van der Waals surface area (Å²) in [6, 6.07) is 8.82. The predicted octanol–water partition coefficient (Wildman–Crippen LogP) is 3.59. The second kappa shape index (κ2) is 8.26. The van der Waals surface area contributed by atoms with E-state index in [1.807, 2.05) is 38.1 Å². The number of aromatic amines is 2. The van der Waals surface area contributed by atoms with E-state index in [1.165, 1.54) is 6.20 Å². The Bertz CT molecular complexity index is 1080. The van der Waals surface area contributed by atoms with Gasteiger partial charge in [-0.15, -0.1) is 0 Å². The van der Waals surface area contributed by atoms with Crippen LogP contribution >= 0.6 is 0 Å². The molecule has 0 aliphatic heterocycles. The normalized spacial score (nSPS) is 16.7. The molecule has 0 unspecified atom stereocenters. The van der Waals surface area contributed by atoms with Gasteiger partial charge in [0.2, 0.25) is 5.91 Å². The maximum atomic E-state index is 13.4. The number of H-pyrrole nitrogens is 2. The minimum absolute atomic E-state index is 0.162. The molecule has 2 aliphatic carbocycles. The molecule has 166 valence electrons. The van der Waals surface area contributed by atoms with Crippen LogP contribution in [0.5, 0.6) is 0 Å². The van der Waals surface area contributed by atoms with Gasteiger partial charge in [0, 0.05) is 23.1 Å². The lowest BCUT2D eigenvalue weighted by Crippen LogP contribution is -2.50. The van der Waals surface area contributed by atoms with Gasteiger partial charge < -0.3 is 10.6 Å². The number of benzene rings is 1. The fourth-order valence-electron chi connectivity index (χ4n) is 4.75. The highest BCUT2D eigenvalue weighted by Gasteiger charge is 2.48. The molecular formula is C24H28N6O2. The highest BCUT2D eigenvalue weighted by atomic mass is 16.2. The molecule has 1 aromatic carbocycles. The molecule has 0 saturated heterocycles. The second-order valence-corrected chi connectivity index (χ2v) is 9.05. The number of aromatic nitrogens is 4. The van der Waals surface area contributed by atoms with Crippen LogP contribution in [0.4, 0.5) is 5.69 Å². The van der Waals surface area contributed by atoms with Crippen LogP contribution in [0.1, 0.15) is 47.6 Å². The maximum Gasteiger partial charge on any atom is 0.269 e. The zero-order valence-electron chi connectivity index (χ0n) is 18.3. The lowest BCUT2D eigenvalue weighted by molar-refractivity contribution is -0.119. The number of hydrogen-bond acceptors (Lipinski definition) is 4. The van der Waals surface area contributed by atoms with Gasteiger partial charge in [-0.05, 0) is 81.0 Å². The van der Waals surface area contributed by atoms with Gasteiger partial charge in [-0.3, -0.25) is 19.8 Å². The number of hydrogen-bond donors (Lipinski definition) is 4. The van der Waals surface area contributed by atoms with Crippen molar-refractivity contribution in [2.75, 3.05) is 5.32 Å². The Morgan fingerprint density at radius 3 is 2.22 bits per heavy atom. The average Bonchev–Trinajstić information content (AvgIpc) is 3.71. The number of nitrogens with zero attached hydrogens (tertiary/aromatic N) is 2. The van der Waals surface area contributed by atoms with E-state index >= 15 is 0 Å². The minimum atomic E-state index is -0.566. The fourth-order valence-corrected chi connectivity index (χ4v) is 4.75. The number of amides is 2. The molecule has 32 heavy (non-hydrogen) atoms. The number of carbonyl (C=O) groups excluding carboxylic acids is 2. The molecule has 4 N–H and O–H groups in total. The van der Waals surface area contributed by atoms with Gasteiger partial charge in [0.25, 0.3) is 5.91 Å². The SMILES string of the molecule is Cc1n[nH]c(C)c1-c1ccc(NC(=O)[C@@H](NC(=O)c2ccn[nH]2)C(C2CC2)C2CC2)cc1. The molecule has 2 heterocycles. The van der Waals surface area contributed by atoms with Crippen LogP contribution in [0.15, 0.2) is 36.5 Å². The summed E-state index contributed by atoms with van der Waals surface area (Å²) in [4.78, 5) is 26.1. The van der Waals surface area contributed by atoms with Crippen LogP contribution in [0.2, 0.25) is 0 Å². The molecule has 2 amide bonds. The summed E-state index contributed by atoms with van der Waals surface area (Å²) in [7, 11) is 0. The van der Waals surface area contributed by atoms with Gasteiger partial charge in [0.15, 0.2) is 0 Å². The number of anilines is 1. The van der Waals surface area contributed by atoms with Crippen molar-refractivity contribution in [3.63, 3.8) is 0 Å². The Hall–Kier alpha value is -3.42. The van der Waals surface area contributed by atoms with Gasteiger partial charge in [-0.25, -0.2) is 0 Å². The van der Waals surface area contributed by atoms with Crippen LogP contribution in [0, 0.1) is 31.6 Å². The highest BCUT2D eigenvalue weighted by Crippen LogP contribution is 2.50. The van der Waals surface area contributed by atoms with Gasteiger partial charge in [-0.1, -0.05) is 12.1 Å². The summed E-state index contributed by atoms with van der Waals surface area (Å²) in [5.74, 6) is 0.738. The first kappa shape index (κ1) is 20.5. The molecule has 3 aromatic rings. The van der Waals surface area contributed by atoms with Crippen LogP contribution in [0.3, 0.4) is 0 Å². The quantitative estimate of drug-likeness (QED) is 0.435. The fraction of sp³-hybridized carbons (Fsp3) is 0.417. The van der Waals surface area contributed by atoms with Crippen LogP contribution in [0.25, 0.3) is 11.1 Å². The Balaban J connectivity index is 1.34. The molecule has 0 spiro atoms. The summed E-state index contributed by atoms with van der Waals surface area (Å²) >= 11 is 0. The Labute approximate surface area is 186 Å². The van der Waals surface area contributed by atoms with Crippen molar-refractivity contribution in [1.82, 2.24) is 25.7 Å². The van der Waals surface area contributed by atoms with Crippen LogP contribution in [-0.4, -0.2) is 38.3 Å². The third-order valence-electron chi connectivity index (χ3n) is 6.60. The lowest BCUT2D eigenvalue weighted by Gasteiger charge is -2.27. The summed E-state index contributed by atoms with van der Waals surface area (Å²) in [6.07, 6.45) is 6.05. The number of nitrogens with one attached hydrogen (secondary N) is 4. The Kier molecular flexibility index (Phi) is 5.28. The van der Waals surface area contributed by atoms with Gasteiger partial charge in [0.05, 0.1) is 5.69 Å². The van der Waals surface area contributed by atoms with Crippen molar-refractivity contribution >= 4 is 17.5 Å². The van der Waals surface area contributed by atoms with Crippen molar-refractivity contribution in [1.29, 1.82) is 0 Å². The Morgan fingerprint density at radius 2 is 1.69 bits per heavy atom. The van der Waals surface area contributed by atoms with Crippen LogP contribution < -0.4 is 10.6 Å². The predicted molar refractivity (Wildman–Crippen MR) is 121 cm³/mol. The molecule has 2 aliphatic rings. The maximum absolute atomic E-state index is 13.4. The van der Waals surface area contributed by atoms with Crippen molar-refractivity contribution in [2.45, 2.75) is 45.6 Å². The molecule has 8 nitrogen and oxygen atoms in total. The average molecular weight is 433 g/mol. The largest absolute Gasteiger partial charge is 0.339 e. The topological polar surface area (TPSA) is 116 Å². The van der Waals surface area contributed by atoms with Crippen molar-refractivity contribution in [3.8, 4) is 11.1 Å². The van der Waals surface area contributed by atoms with E-state index in [0.29, 0.717) is 23.2 Å². The Morgan fingerprint density at radius 1 is 1.00 bits per heavy atom. The molecule has 5 rings (SSSR count). The van der Waals surface area contributed by atoms with Gasteiger partial charge >= 0.3 is 0 Å². The summed E-state index contributed by atoms with van der Waals surface area (Å²) in [6.45, 7) is 3.96. The molecule has 0 radical (unpaired) electrons. The number of rotatable bonds is 8. The standard InChI is InChI=1S/C24H28N6O2/c1-13-20(14(2)29-28-13)15-7-9-18(10-8-15)26-24(32)22(21(16-3-4-16)17-5-6-17)27-23(31)19-11-12-25-30-19/h7-12,16-17,21-22H,3-6H2,1-2H3,(H,25,30)(H,26,32)(H,27,31)(H,28,29)/t22-/m0/s1. The molecule has 2 saturated carbocycles. The highest BCUT2D eigenvalue weighted by molar-refractivity contribution is 6.00. The molecule has 0 bridgehead atoms. The van der Waals surface area contributed by atoms with E-state index in [4.69, 9.17) is 0 Å². The summed E-state index contributed by atoms with van der Waals surface area (Å²) in [5.41, 5.74) is 5.15. The van der Waals surface area contributed by atoms with E-state index in [-0.39, 0.29) is 17.7 Å². The van der Waals surface area contributed by atoms with E-state index in [0.717, 1.165) is 48.2 Å². The van der Waals surface area contributed by atoms with Crippen LogP contribution in [-0.2, 0) is 4.79 Å². The van der Waals surface area contributed by atoms with Crippen molar-refractivity contribution < 1.29 is 9.59 Å². The summed E-state index contributed by atoms with van der Waals surface area (Å²) < 4.78 is 0. The van der Waals surface area contributed by atoms with Gasteiger partial charge in [0.1, 0.15) is 11.7 Å². The van der Waals surface area contributed by atoms with E-state index < -0.39 is 6.04 Å². The second-order valence-electron chi connectivity index (χ2n) is 9.05. The first-order valence-corrected chi connectivity index (χ1v) is 11.2. The van der Waals surface area contributed by atoms with Crippen molar-refractivity contribution in [3.05, 3.63) is 53.6 Å². The number of aryl methyl sites for hydroxylation is 2. The van der Waals surface area contributed by atoms with E-state index in [2.05, 4.69) is 31.0 Å². The smallest absolute Gasteiger partial charge is 0.269 e.